The fourth-order valence-electron chi connectivity index (χ4n) is 4.78. The van der Waals surface area contributed by atoms with Crippen LogP contribution in [-0.4, -0.2) is 43.0 Å². The van der Waals surface area contributed by atoms with Gasteiger partial charge in [-0.05, 0) is 30.9 Å². The lowest BCUT2D eigenvalue weighted by Gasteiger charge is -2.33. The molecule has 2 aromatic carbocycles. The smallest absolute Gasteiger partial charge is 0.142 e. The fourth-order valence-corrected chi connectivity index (χ4v) is 5.55. The number of benzene rings is 2. The molecule has 0 radical (unpaired) electrons. The van der Waals surface area contributed by atoms with Gasteiger partial charge in [0.05, 0.1) is 23.1 Å². The van der Waals surface area contributed by atoms with Crippen LogP contribution in [-0.2, 0) is 0 Å². The van der Waals surface area contributed by atoms with Gasteiger partial charge >= 0.3 is 0 Å². The van der Waals surface area contributed by atoms with Gasteiger partial charge in [0.2, 0.25) is 0 Å². The van der Waals surface area contributed by atoms with E-state index in [0.29, 0.717) is 26.9 Å². The number of hydrogen-bond acceptors (Lipinski definition) is 6. The van der Waals surface area contributed by atoms with Gasteiger partial charge in [-0.15, -0.1) is 0 Å². The molecule has 1 saturated heterocycles. The molecule has 1 fully saturated rings. The summed E-state index contributed by atoms with van der Waals surface area (Å²) in [7, 11) is 0. The Bertz CT molecular complexity index is 1500. The van der Waals surface area contributed by atoms with Crippen LogP contribution in [0, 0.1) is 6.92 Å². The topological polar surface area (TPSA) is 83.5 Å². The number of nitrogens with zero attached hydrogens (tertiary/aromatic N) is 6. The fraction of sp³-hybridized carbons (Fsp3) is 0.207. The van der Waals surface area contributed by atoms with Gasteiger partial charge in [0.1, 0.15) is 33.9 Å². The molecule has 5 aromatic rings. The highest BCUT2D eigenvalue weighted by Gasteiger charge is 2.26. The number of aryl methyl sites for hydroxylation is 1. The first-order chi connectivity index (χ1) is 19.0. The molecule has 7 nitrogen and oxygen atoms in total. The summed E-state index contributed by atoms with van der Waals surface area (Å²) in [5.74, 6) is 1.42. The summed E-state index contributed by atoms with van der Waals surface area (Å²) in [6, 6.07) is 19.7. The van der Waals surface area contributed by atoms with Gasteiger partial charge in [-0.3, -0.25) is 0 Å². The van der Waals surface area contributed by atoms with E-state index in [0.717, 1.165) is 48.4 Å². The predicted molar refractivity (Wildman–Crippen MR) is 157 cm³/mol. The van der Waals surface area contributed by atoms with Gasteiger partial charge in [-0.1, -0.05) is 95.5 Å². The number of halogens is 3. The third-order valence-electron chi connectivity index (χ3n) is 6.71. The van der Waals surface area contributed by atoms with Crippen LogP contribution in [0.2, 0.25) is 15.5 Å². The van der Waals surface area contributed by atoms with Crippen molar-refractivity contribution in [2.75, 3.05) is 18.0 Å². The van der Waals surface area contributed by atoms with Crippen molar-refractivity contribution in [3.05, 3.63) is 106 Å². The van der Waals surface area contributed by atoms with Crippen LogP contribution in [0.5, 0.6) is 0 Å². The van der Waals surface area contributed by atoms with Crippen LogP contribution in [0.3, 0.4) is 0 Å². The van der Waals surface area contributed by atoms with E-state index in [2.05, 4.69) is 41.7 Å². The molecule has 0 bridgehead atoms. The van der Waals surface area contributed by atoms with Crippen LogP contribution >= 0.6 is 34.8 Å². The maximum Gasteiger partial charge on any atom is 0.142 e. The predicted octanol–water partition coefficient (Wildman–Crippen LogP) is 7.66. The molecule has 1 aliphatic heterocycles. The van der Waals surface area contributed by atoms with E-state index in [4.69, 9.17) is 34.8 Å². The van der Waals surface area contributed by atoms with Gasteiger partial charge in [0.25, 0.3) is 0 Å². The molecular formula is C29H26Cl3N7. The molecule has 0 unspecified atom stereocenters. The standard InChI is InChI=1S/C19H20ClN5.C10H6Cl2N2/c1-13-17(22-11-21-13)15-7-9-25(10-8-15)19-16(18(20)23-12-24-19)14-5-3-2-4-6-14;11-9-8(10(12)14-6-13-9)7-4-2-1-3-5-7/h2-6,11-12,15H,7-10H2,1H3,(H,21,22);1-6H. The van der Waals surface area contributed by atoms with Crippen LogP contribution < -0.4 is 4.90 Å². The molecule has 1 N–H and O–H groups in total. The van der Waals surface area contributed by atoms with Crippen LogP contribution in [0.15, 0.2) is 79.6 Å². The zero-order chi connectivity index (χ0) is 27.2. The summed E-state index contributed by atoms with van der Waals surface area (Å²) in [5, 5.41) is 1.24. The second-order valence-corrected chi connectivity index (χ2v) is 10.2. The van der Waals surface area contributed by atoms with Crippen molar-refractivity contribution >= 4 is 40.6 Å². The summed E-state index contributed by atoms with van der Waals surface area (Å²) in [4.78, 5) is 26.5. The third kappa shape index (κ3) is 6.22. The molecule has 198 valence electrons. The highest BCUT2D eigenvalue weighted by molar-refractivity contribution is 6.37. The Balaban J connectivity index is 0.000000186. The van der Waals surface area contributed by atoms with E-state index in [1.54, 1.807) is 12.7 Å². The van der Waals surface area contributed by atoms with E-state index >= 15 is 0 Å². The minimum Gasteiger partial charge on any atom is -0.356 e. The second-order valence-electron chi connectivity index (χ2n) is 9.10. The summed E-state index contributed by atoms with van der Waals surface area (Å²) >= 11 is 18.3. The van der Waals surface area contributed by atoms with E-state index in [1.807, 2.05) is 60.7 Å². The number of aromatic nitrogens is 6. The molecule has 6 rings (SSSR count). The Hall–Kier alpha value is -3.52. The van der Waals surface area contributed by atoms with Crippen molar-refractivity contribution in [3.63, 3.8) is 0 Å². The molecule has 0 amide bonds. The maximum absolute atomic E-state index is 6.42. The van der Waals surface area contributed by atoms with Gasteiger partial charge in [0, 0.05) is 24.7 Å². The van der Waals surface area contributed by atoms with Crippen molar-refractivity contribution < 1.29 is 0 Å². The maximum atomic E-state index is 6.42. The number of piperidine rings is 1. The van der Waals surface area contributed by atoms with Gasteiger partial charge in [0.15, 0.2) is 0 Å². The van der Waals surface area contributed by atoms with Crippen LogP contribution in [0.25, 0.3) is 22.3 Å². The SMILES string of the molecule is Cc1[nH]cnc1C1CCN(c2ncnc(Cl)c2-c2ccccc2)CC1.Clc1ncnc(Cl)c1-c1ccccc1. The van der Waals surface area contributed by atoms with Crippen molar-refractivity contribution in [1.29, 1.82) is 0 Å². The molecule has 0 aliphatic carbocycles. The van der Waals surface area contributed by atoms with Crippen molar-refractivity contribution in [3.8, 4) is 22.3 Å². The monoisotopic (exact) mass is 577 g/mol. The lowest BCUT2D eigenvalue weighted by Crippen LogP contribution is -2.34. The molecule has 0 atom stereocenters. The Kier molecular flexibility index (Phi) is 8.71. The lowest BCUT2D eigenvalue weighted by molar-refractivity contribution is 0.493. The third-order valence-corrected chi connectivity index (χ3v) is 7.57. The largest absolute Gasteiger partial charge is 0.356 e. The first-order valence-corrected chi connectivity index (χ1v) is 13.7. The minimum absolute atomic E-state index is 0.371. The van der Waals surface area contributed by atoms with E-state index in [-0.39, 0.29) is 0 Å². The summed E-state index contributed by atoms with van der Waals surface area (Å²) in [5.41, 5.74) is 5.93. The van der Waals surface area contributed by atoms with Crippen molar-refractivity contribution in [2.45, 2.75) is 25.7 Å². The molecule has 10 heteroatoms. The van der Waals surface area contributed by atoms with Gasteiger partial charge in [-0.2, -0.15) is 0 Å². The Morgan fingerprint density at radius 1 is 0.692 bits per heavy atom. The molecule has 39 heavy (non-hydrogen) atoms. The number of aromatic amines is 1. The number of anilines is 1. The van der Waals surface area contributed by atoms with Crippen molar-refractivity contribution in [2.24, 2.45) is 0 Å². The normalized spacial score (nSPS) is 13.6. The number of nitrogens with one attached hydrogen (secondary N) is 1. The van der Waals surface area contributed by atoms with Crippen LogP contribution in [0.4, 0.5) is 5.82 Å². The summed E-state index contributed by atoms with van der Waals surface area (Å²) in [6.45, 7) is 3.96. The molecule has 0 saturated carbocycles. The molecule has 0 spiro atoms. The zero-order valence-corrected chi connectivity index (χ0v) is 23.5. The van der Waals surface area contributed by atoms with E-state index in [1.165, 1.54) is 17.7 Å². The average molecular weight is 579 g/mol. The summed E-state index contributed by atoms with van der Waals surface area (Å²) < 4.78 is 0. The van der Waals surface area contributed by atoms with E-state index in [9.17, 15) is 0 Å². The Morgan fingerprint density at radius 3 is 1.74 bits per heavy atom. The first-order valence-electron chi connectivity index (χ1n) is 12.5. The quantitative estimate of drug-likeness (QED) is 0.220. The molecule has 1 aliphatic rings. The molecule has 3 aromatic heterocycles. The average Bonchev–Trinajstić information content (AvgIpc) is 3.40. The zero-order valence-electron chi connectivity index (χ0n) is 21.2. The highest BCUT2D eigenvalue weighted by atomic mass is 35.5. The van der Waals surface area contributed by atoms with Gasteiger partial charge < -0.3 is 9.88 Å². The first kappa shape index (κ1) is 27.1. The lowest BCUT2D eigenvalue weighted by atomic mass is 9.92. The molecule has 4 heterocycles. The van der Waals surface area contributed by atoms with E-state index < -0.39 is 0 Å². The number of H-pyrrole nitrogens is 1. The summed E-state index contributed by atoms with van der Waals surface area (Å²) in [6.07, 6.45) is 6.79. The highest BCUT2D eigenvalue weighted by Crippen LogP contribution is 2.37. The Morgan fingerprint density at radius 2 is 1.21 bits per heavy atom. The molecular weight excluding hydrogens is 553 g/mol. The second kappa shape index (κ2) is 12.6. The van der Waals surface area contributed by atoms with Crippen LogP contribution in [0.1, 0.15) is 30.1 Å². The van der Waals surface area contributed by atoms with Gasteiger partial charge in [-0.25, -0.2) is 24.9 Å². The van der Waals surface area contributed by atoms with Crippen molar-refractivity contribution in [1.82, 2.24) is 29.9 Å². The number of imidazole rings is 1. The number of rotatable bonds is 4. The minimum atomic E-state index is 0.371. The number of hydrogen-bond donors (Lipinski definition) is 1. The Labute approximate surface area is 242 Å².